The zero-order valence-electron chi connectivity index (χ0n) is 18.5. The second-order valence-electron chi connectivity index (χ2n) is 8.41. The molecule has 1 saturated heterocycles. The van der Waals surface area contributed by atoms with Gasteiger partial charge in [-0.05, 0) is 44.4 Å². The molecule has 4 aromatic rings. The van der Waals surface area contributed by atoms with Gasteiger partial charge in [0.25, 0.3) is 0 Å². The first-order valence-electron chi connectivity index (χ1n) is 11.2. The molecule has 1 unspecified atom stereocenters. The molecule has 164 valence electrons. The highest BCUT2D eigenvalue weighted by molar-refractivity contribution is 5.93. The Morgan fingerprint density at radius 1 is 1.16 bits per heavy atom. The van der Waals surface area contributed by atoms with Crippen molar-refractivity contribution < 1.29 is 9.53 Å². The maximum absolute atomic E-state index is 12.4. The van der Waals surface area contributed by atoms with Crippen molar-refractivity contribution in [3.63, 3.8) is 0 Å². The van der Waals surface area contributed by atoms with Crippen molar-refractivity contribution in [2.75, 3.05) is 24.6 Å². The summed E-state index contributed by atoms with van der Waals surface area (Å²) in [4.78, 5) is 19.7. The molecule has 7 heteroatoms. The van der Waals surface area contributed by atoms with Gasteiger partial charge in [-0.2, -0.15) is 0 Å². The number of carbonyl (C=O) groups excluding carboxylic acids is 1. The largest absolute Gasteiger partial charge is 0.466 e. The fourth-order valence-corrected chi connectivity index (χ4v) is 4.50. The molecule has 1 aliphatic heterocycles. The molecule has 2 aromatic heterocycles. The molecule has 7 nitrogen and oxygen atoms in total. The average Bonchev–Trinajstić information content (AvgIpc) is 3.23. The zero-order valence-corrected chi connectivity index (χ0v) is 18.5. The molecule has 0 spiro atoms. The quantitative estimate of drug-likeness (QED) is 0.447. The maximum atomic E-state index is 12.4. The molecule has 0 radical (unpaired) electrons. The molecule has 0 N–H and O–H groups in total. The van der Waals surface area contributed by atoms with Crippen molar-refractivity contribution >= 4 is 28.5 Å². The lowest BCUT2D eigenvalue weighted by Crippen LogP contribution is -2.40. The van der Waals surface area contributed by atoms with Gasteiger partial charge in [0.15, 0.2) is 5.65 Å². The highest BCUT2D eigenvalue weighted by Gasteiger charge is 2.30. The summed E-state index contributed by atoms with van der Waals surface area (Å²) in [5.41, 5.74) is 4.01. The summed E-state index contributed by atoms with van der Waals surface area (Å²) >= 11 is 0. The molecular formula is C25H27N5O2. The molecule has 0 saturated carbocycles. The lowest BCUT2D eigenvalue weighted by Gasteiger charge is -2.32. The Balaban J connectivity index is 1.63. The lowest BCUT2D eigenvalue weighted by atomic mass is 9.98. The molecule has 1 atom stereocenters. The van der Waals surface area contributed by atoms with Gasteiger partial charge in [-0.3, -0.25) is 4.79 Å². The summed E-state index contributed by atoms with van der Waals surface area (Å²) in [7, 11) is 0. The summed E-state index contributed by atoms with van der Waals surface area (Å²) in [5, 5.41) is 10.1. The summed E-state index contributed by atoms with van der Waals surface area (Å²) in [6, 6.07) is 16.5. The normalized spacial score (nSPS) is 16.6. The first-order valence-corrected chi connectivity index (χ1v) is 11.2. The highest BCUT2D eigenvalue weighted by Crippen LogP contribution is 2.29. The van der Waals surface area contributed by atoms with E-state index in [4.69, 9.17) is 9.72 Å². The number of fused-ring (bicyclic) bond motifs is 3. The molecule has 0 amide bonds. The number of esters is 1. The number of carbonyl (C=O) groups is 1. The summed E-state index contributed by atoms with van der Waals surface area (Å²) in [6.45, 7) is 5.74. The Hall–Kier alpha value is -3.48. The van der Waals surface area contributed by atoms with Gasteiger partial charge in [-0.15, -0.1) is 10.2 Å². The predicted molar refractivity (Wildman–Crippen MR) is 124 cm³/mol. The van der Waals surface area contributed by atoms with Crippen LogP contribution in [0.3, 0.4) is 0 Å². The Kier molecular flexibility index (Phi) is 5.47. The fraction of sp³-hybridized carbons (Fsp3) is 0.360. The topological polar surface area (TPSA) is 72.6 Å². The Labute approximate surface area is 187 Å². The summed E-state index contributed by atoms with van der Waals surface area (Å²) in [5.74, 6) is 1.36. The summed E-state index contributed by atoms with van der Waals surface area (Å²) < 4.78 is 7.38. The molecule has 1 fully saturated rings. The van der Waals surface area contributed by atoms with Gasteiger partial charge in [0.1, 0.15) is 5.82 Å². The number of piperidine rings is 1. The number of benzene rings is 2. The average molecular weight is 430 g/mol. The number of aromatic nitrogens is 4. The van der Waals surface area contributed by atoms with E-state index in [1.165, 1.54) is 5.56 Å². The van der Waals surface area contributed by atoms with Gasteiger partial charge < -0.3 is 9.64 Å². The van der Waals surface area contributed by atoms with E-state index < -0.39 is 0 Å². The van der Waals surface area contributed by atoms with Gasteiger partial charge in [-0.1, -0.05) is 42.0 Å². The summed E-state index contributed by atoms with van der Waals surface area (Å²) in [6.07, 6.45) is 2.40. The first kappa shape index (κ1) is 20.4. The van der Waals surface area contributed by atoms with Gasteiger partial charge in [-0.25, -0.2) is 9.38 Å². The Bertz CT molecular complexity index is 1270. The van der Waals surface area contributed by atoms with Crippen molar-refractivity contribution in [1.29, 1.82) is 0 Å². The van der Waals surface area contributed by atoms with Gasteiger partial charge in [0, 0.05) is 24.9 Å². The number of hydrogen-bond acceptors (Lipinski definition) is 6. The van der Waals surface area contributed by atoms with Crippen LogP contribution in [0.4, 0.5) is 5.95 Å². The minimum Gasteiger partial charge on any atom is -0.466 e. The molecule has 3 heterocycles. The van der Waals surface area contributed by atoms with Crippen LogP contribution in [0.15, 0.2) is 48.5 Å². The van der Waals surface area contributed by atoms with Crippen LogP contribution in [-0.2, 0) is 16.0 Å². The minimum atomic E-state index is -0.150. The number of hydrogen-bond donors (Lipinski definition) is 0. The van der Waals surface area contributed by atoms with Crippen LogP contribution in [0.2, 0.25) is 0 Å². The van der Waals surface area contributed by atoms with Crippen molar-refractivity contribution in [2.45, 2.75) is 33.1 Å². The van der Waals surface area contributed by atoms with E-state index >= 15 is 0 Å². The maximum Gasteiger partial charge on any atom is 0.310 e. The Morgan fingerprint density at radius 3 is 2.81 bits per heavy atom. The van der Waals surface area contributed by atoms with E-state index in [2.05, 4.69) is 50.7 Å². The van der Waals surface area contributed by atoms with Crippen LogP contribution in [0.5, 0.6) is 0 Å². The standard InChI is InChI=1S/C25H27N5O2/c1-3-32-24(31)19-10-7-13-29(16-19)25-26-21-12-11-17(2)14-20(21)23-28-27-22(30(23)25)15-18-8-5-4-6-9-18/h4-6,8-9,11-12,14,19H,3,7,10,13,15-16H2,1-2H3. The molecular weight excluding hydrogens is 402 g/mol. The van der Waals surface area contributed by atoms with Crippen molar-refractivity contribution in [3.05, 3.63) is 65.5 Å². The number of aryl methyl sites for hydroxylation is 1. The molecule has 0 aliphatic carbocycles. The van der Waals surface area contributed by atoms with E-state index in [1.54, 1.807) is 0 Å². The van der Waals surface area contributed by atoms with Crippen LogP contribution in [-0.4, -0.2) is 45.2 Å². The molecule has 0 bridgehead atoms. The van der Waals surface area contributed by atoms with Crippen molar-refractivity contribution in [2.24, 2.45) is 5.92 Å². The van der Waals surface area contributed by atoms with E-state index in [1.807, 2.05) is 31.2 Å². The second kappa shape index (κ2) is 8.57. The number of nitrogens with zero attached hydrogens (tertiary/aromatic N) is 5. The van der Waals surface area contributed by atoms with Crippen LogP contribution in [0.25, 0.3) is 16.6 Å². The first-order chi connectivity index (χ1) is 15.6. The minimum absolute atomic E-state index is 0.127. The van der Waals surface area contributed by atoms with Gasteiger partial charge in [0.2, 0.25) is 5.95 Å². The van der Waals surface area contributed by atoms with E-state index in [0.29, 0.717) is 19.6 Å². The van der Waals surface area contributed by atoms with Crippen LogP contribution < -0.4 is 4.90 Å². The van der Waals surface area contributed by atoms with Crippen LogP contribution in [0, 0.1) is 12.8 Å². The fourth-order valence-electron chi connectivity index (χ4n) is 4.50. The van der Waals surface area contributed by atoms with Gasteiger partial charge in [0.05, 0.1) is 18.0 Å². The number of ether oxygens (including phenoxy) is 1. The lowest BCUT2D eigenvalue weighted by molar-refractivity contribution is -0.148. The molecule has 1 aliphatic rings. The molecule has 5 rings (SSSR count). The third-order valence-electron chi connectivity index (χ3n) is 6.07. The van der Waals surface area contributed by atoms with Gasteiger partial charge >= 0.3 is 5.97 Å². The van der Waals surface area contributed by atoms with Crippen LogP contribution >= 0.6 is 0 Å². The van der Waals surface area contributed by atoms with E-state index in [0.717, 1.165) is 53.3 Å². The Morgan fingerprint density at radius 2 is 2.00 bits per heavy atom. The van der Waals surface area contributed by atoms with Crippen molar-refractivity contribution in [1.82, 2.24) is 19.6 Å². The number of rotatable bonds is 5. The molecule has 32 heavy (non-hydrogen) atoms. The van der Waals surface area contributed by atoms with Crippen LogP contribution in [0.1, 0.15) is 36.7 Å². The third kappa shape index (κ3) is 3.79. The third-order valence-corrected chi connectivity index (χ3v) is 6.07. The monoisotopic (exact) mass is 429 g/mol. The number of anilines is 1. The van der Waals surface area contributed by atoms with Crippen molar-refractivity contribution in [3.8, 4) is 0 Å². The predicted octanol–water partition coefficient (Wildman–Crippen LogP) is 3.96. The highest BCUT2D eigenvalue weighted by atomic mass is 16.5. The van der Waals surface area contributed by atoms with E-state index in [-0.39, 0.29) is 11.9 Å². The van der Waals surface area contributed by atoms with E-state index in [9.17, 15) is 4.79 Å². The second-order valence-corrected chi connectivity index (χ2v) is 8.41. The molecule has 2 aromatic carbocycles. The zero-order chi connectivity index (χ0) is 22.1. The smallest absolute Gasteiger partial charge is 0.310 e. The SMILES string of the molecule is CCOC(=O)C1CCCN(c2nc3ccc(C)cc3c3nnc(Cc4ccccc4)n23)C1.